The monoisotopic (exact) mass is 356 g/mol. The molecule has 0 spiro atoms. The summed E-state index contributed by atoms with van der Waals surface area (Å²) in [6.45, 7) is 7.91. The van der Waals surface area contributed by atoms with Crippen LogP contribution in [0.15, 0.2) is 30.3 Å². The van der Waals surface area contributed by atoms with Crippen molar-refractivity contribution in [3.63, 3.8) is 0 Å². The van der Waals surface area contributed by atoms with Crippen LogP contribution in [0.25, 0.3) is 5.69 Å². The van der Waals surface area contributed by atoms with E-state index in [0.29, 0.717) is 17.2 Å². The lowest BCUT2D eigenvalue weighted by Gasteiger charge is -2.13. The molecule has 0 saturated heterocycles. The maximum absolute atomic E-state index is 12.5. The average molecular weight is 356 g/mol. The third-order valence-electron chi connectivity index (χ3n) is 4.34. The second-order valence-electron chi connectivity index (χ2n) is 6.58. The Kier molecular flexibility index (Phi) is 5.50. The van der Waals surface area contributed by atoms with Gasteiger partial charge in [-0.05, 0) is 43.5 Å². The first-order chi connectivity index (χ1) is 12.1. The van der Waals surface area contributed by atoms with Gasteiger partial charge in [0.15, 0.2) is 6.04 Å². The van der Waals surface area contributed by atoms with Gasteiger partial charge in [0.1, 0.15) is 0 Å². The minimum atomic E-state index is -1.55. The van der Waals surface area contributed by atoms with Crippen molar-refractivity contribution < 1.29 is 14.4 Å². The topological polar surface area (TPSA) is 120 Å². The number of hydrogen-bond acceptors (Lipinski definition) is 3. The Hall–Kier alpha value is -3.09. The molecule has 1 aromatic heterocycles. The molecule has 0 aliphatic carbocycles. The van der Waals surface area contributed by atoms with E-state index in [1.807, 2.05) is 23.6 Å². The highest BCUT2D eigenvalue weighted by atomic mass is 16.2. The average Bonchev–Trinajstić information content (AvgIpc) is 2.86. The summed E-state index contributed by atoms with van der Waals surface area (Å²) in [5.41, 5.74) is 14.2. The molecule has 1 heterocycles. The molecule has 7 nitrogen and oxygen atoms in total. The Morgan fingerprint density at radius 2 is 1.54 bits per heavy atom. The van der Waals surface area contributed by atoms with E-state index in [1.54, 1.807) is 13.0 Å². The van der Waals surface area contributed by atoms with E-state index in [2.05, 4.69) is 31.3 Å². The van der Waals surface area contributed by atoms with Crippen LogP contribution >= 0.6 is 0 Å². The molecular weight excluding hydrogens is 332 g/mol. The van der Waals surface area contributed by atoms with Gasteiger partial charge in [0, 0.05) is 17.1 Å². The van der Waals surface area contributed by atoms with Crippen LogP contribution in [-0.4, -0.2) is 28.3 Å². The fourth-order valence-electron chi connectivity index (χ4n) is 2.89. The normalized spacial score (nSPS) is 11.0. The van der Waals surface area contributed by atoms with E-state index in [9.17, 15) is 14.4 Å². The number of carbonyl (C=O) groups is 3. The maximum atomic E-state index is 12.5. The first-order valence-corrected chi connectivity index (χ1v) is 8.32. The number of hydrogen-bond donors (Lipinski definition) is 3. The van der Waals surface area contributed by atoms with Crippen molar-refractivity contribution in [2.75, 3.05) is 0 Å². The standard InChI is InChI=1S/C19H24N4O3/c1-10(2)13-5-7-14(8-6-13)23-11(3)9-15(12(23)4)19(26)22-16(17(20)24)18(21)25/h5-10,16H,1-4H3,(H2,20,24)(H2,21,25)(H,22,26). The van der Waals surface area contributed by atoms with Crippen molar-refractivity contribution in [2.24, 2.45) is 11.5 Å². The fourth-order valence-corrected chi connectivity index (χ4v) is 2.89. The van der Waals surface area contributed by atoms with E-state index in [-0.39, 0.29) is 0 Å². The van der Waals surface area contributed by atoms with E-state index in [0.717, 1.165) is 11.4 Å². The number of nitrogens with zero attached hydrogens (tertiary/aromatic N) is 1. The number of aryl methyl sites for hydroxylation is 1. The van der Waals surface area contributed by atoms with E-state index in [4.69, 9.17) is 11.5 Å². The van der Waals surface area contributed by atoms with Gasteiger partial charge in [0.2, 0.25) is 11.8 Å². The summed E-state index contributed by atoms with van der Waals surface area (Å²) < 4.78 is 1.93. The predicted octanol–water partition coefficient (Wildman–Crippen LogP) is 1.29. The molecule has 0 aliphatic heterocycles. The fraction of sp³-hybridized carbons (Fsp3) is 0.316. The summed E-state index contributed by atoms with van der Waals surface area (Å²) in [5, 5.41) is 2.29. The highest BCUT2D eigenvalue weighted by molar-refractivity contribution is 6.08. The molecule has 7 heteroatoms. The Morgan fingerprint density at radius 1 is 1.00 bits per heavy atom. The molecule has 2 rings (SSSR count). The number of carbonyl (C=O) groups excluding carboxylic acids is 3. The summed E-state index contributed by atoms with van der Waals surface area (Å²) in [6.07, 6.45) is 0. The summed E-state index contributed by atoms with van der Waals surface area (Å²) in [5.74, 6) is -2.14. The van der Waals surface area contributed by atoms with Crippen LogP contribution in [0.5, 0.6) is 0 Å². The Labute approximate surface area is 152 Å². The summed E-state index contributed by atoms with van der Waals surface area (Å²) in [7, 11) is 0. The zero-order valence-corrected chi connectivity index (χ0v) is 15.4. The van der Waals surface area contributed by atoms with Gasteiger partial charge in [0.25, 0.3) is 5.91 Å². The Bertz CT molecular complexity index is 836. The van der Waals surface area contributed by atoms with Crippen molar-refractivity contribution in [1.29, 1.82) is 0 Å². The number of primary amides is 2. The molecule has 5 N–H and O–H groups in total. The number of nitrogens with one attached hydrogen (secondary N) is 1. The third-order valence-corrected chi connectivity index (χ3v) is 4.34. The number of rotatable bonds is 6. The highest BCUT2D eigenvalue weighted by Gasteiger charge is 2.26. The van der Waals surface area contributed by atoms with Crippen molar-refractivity contribution in [1.82, 2.24) is 9.88 Å². The van der Waals surface area contributed by atoms with Gasteiger partial charge in [-0.15, -0.1) is 0 Å². The zero-order valence-electron chi connectivity index (χ0n) is 15.4. The van der Waals surface area contributed by atoms with Gasteiger partial charge >= 0.3 is 0 Å². The molecule has 3 amide bonds. The van der Waals surface area contributed by atoms with Crippen molar-refractivity contribution in [2.45, 2.75) is 39.7 Å². The van der Waals surface area contributed by atoms with E-state index >= 15 is 0 Å². The van der Waals surface area contributed by atoms with Gasteiger partial charge in [0.05, 0.1) is 5.56 Å². The number of amides is 3. The Morgan fingerprint density at radius 3 is 2.00 bits per heavy atom. The number of benzene rings is 1. The molecule has 0 fully saturated rings. The predicted molar refractivity (Wildman–Crippen MR) is 99.0 cm³/mol. The van der Waals surface area contributed by atoms with Gasteiger partial charge < -0.3 is 21.4 Å². The Balaban J connectivity index is 2.36. The second kappa shape index (κ2) is 7.43. The summed E-state index contributed by atoms with van der Waals surface area (Å²) in [4.78, 5) is 35.0. The minimum absolute atomic E-state index is 0.350. The molecule has 26 heavy (non-hydrogen) atoms. The molecule has 0 aliphatic rings. The van der Waals surface area contributed by atoms with Gasteiger partial charge in [-0.25, -0.2) is 0 Å². The molecule has 0 radical (unpaired) electrons. The van der Waals surface area contributed by atoms with Crippen LogP contribution in [0.4, 0.5) is 0 Å². The number of nitrogens with two attached hydrogens (primary N) is 2. The summed E-state index contributed by atoms with van der Waals surface area (Å²) in [6, 6.07) is 8.24. The lowest BCUT2D eigenvalue weighted by atomic mass is 10.0. The molecule has 0 atom stereocenters. The minimum Gasteiger partial charge on any atom is -0.367 e. The molecule has 2 aromatic rings. The van der Waals surface area contributed by atoms with Gasteiger partial charge in [-0.2, -0.15) is 0 Å². The second-order valence-corrected chi connectivity index (χ2v) is 6.58. The van der Waals surface area contributed by atoms with Crippen molar-refractivity contribution in [3.05, 3.63) is 52.8 Å². The van der Waals surface area contributed by atoms with Crippen molar-refractivity contribution >= 4 is 17.7 Å². The highest BCUT2D eigenvalue weighted by Crippen LogP contribution is 2.23. The van der Waals surface area contributed by atoms with E-state index < -0.39 is 23.8 Å². The summed E-state index contributed by atoms with van der Waals surface area (Å²) >= 11 is 0. The molecule has 1 aromatic carbocycles. The SMILES string of the molecule is Cc1cc(C(=O)NC(C(N)=O)C(N)=O)c(C)n1-c1ccc(C(C)C)cc1. The third kappa shape index (κ3) is 3.77. The lowest BCUT2D eigenvalue weighted by Crippen LogP contribution is -2.52. The quantitative estimate of drug-likeness (QED) is 0.676. The molecule has 138 valence electrons. The van der Waals surface area contributed by atoms with Crippen LogP contribution in [0, 0.1) is 13.8 Å². The molecule has 0 saturated carbocycles. The smallest absolute Gasteiger partial charge is 0.254 e. The van der Waals surface area contributed by atoms with Crippen LogP contribution in [0.2, 0.25) is 0 Å². The van der Waals surface area contributed by atoms with Crippen LogP contribution < -0.4 is 16.8 Å². The van der Waals surface area contributed by atoms with Crippen LogP contribution in [0.3, 0.4) is 0 Å². The number of aromatic nitrogens is 1. The molecular formula is C19H24N4O3. The van der Waals surface area contributed by atoms with Gasteiger partial charge in [-0.3, -0.25) is 14.4 Å². The first kappa shape index (κ1) is 19.2. The zero-order chi connectivity index (χ0) is 19.6. The van der Waals surface area contributed by atoms with E-state index in [1.165, 1.54) is 5.56 Å². The lowest BCUT2D eigenvalue weighted by molar-refractivity contribution is -0.128. The largest absolute Gasteiger partial charge is 0.367 e. The molecule has 0 unspecified atom stereocenters. The van der Waals surface area contributed by atoms with Crippen molar-refractivity contribution in [3.8, 4) is 5.69 Å². The van der Waals surface area contributed by atoms with Gasteiger partial charge in [-0.1, -0.05) is 26.0 Å². The maximum Gasteiger partial charge on any atom is 0.254 e. The first-order valence-electron chi connectivity index (χ1n) is 8.32. The molecule has 0 bridgehead atoms. The van der Waals surface area contributed by atoms with Crippen LogP contribution in [0.1, 0.15) is 47.1 Å². The van der Waals surface area contributed by atoms with Crippen LogP contribution in [-0.2, 0) is 9.59 Å².